The van der Waals surface area contributed by atoms with Crippen molar-refractivity contribution < 1.29 is 9.53 Å². The maximum atomic E-state index is 11.9. The minimum Gasteiger partial charge on any atom is -0.497 e. The number of unbranched alkanes of at least 4 members (excludes halogenated alkanes) is 1. The molecule has 0 spiro atoms. The number of aryl methyl sites for hydroxylation is 2. The van der Waals surface area contributed by atoms with E-state index in [0.29, 0.717) is 0 Å². The molecule has 1 saturated heterocycles. The molecule has 1 aliphatic heterocycles. The minimum atomic E-state index is -0.0224. The number of carbonyl (C=O) groups is 1. The molecule has 1 heterocycles. The fourth-order valence-corrected chi connectivity index (χ4v) is 3.21. The molecule has 2 rings (SSSR count). The zero-order valence-corrected chi connectivity index (χ0v) is 15.2. The molecular weight excluding hydrogens is 300 g/mol. The standard InChI is InChI=1S/C20H30N2O2/c1-16-14-18(24-3)15-17(2)19(16)8-9-20(23)21-10-4-5-11-22-12-6-7-13-22/h8-9,14-15H,4-7,10-13H2,1-3H3,(H,21,23)/b9-8+. The summed E-state index contributed by atoms with van der Waals surface area (Å²) in [5, 5.41) is 2.97. The van der Waals surface area contributed by atoms with Crippen LogP contribution in [0.4, 0.5) is 0 Å². The van der Waals surface area contributed by atoms with E-state index in [4.69, 9.17) is 4.74 Å². The van der Waals surface area contributed by atoms with Gasteiger partial charge >= 0.3 is 0 Å². The highest BCUT2D eigenvalue weighted by Gasteiger charge is 2.10. The number of hydrogen-bond donors (Lipinski definition) is 1. The van der Waals surface area contributed by atoms with Gasteiger partial charge in [-0.05, 0) is 94.1 Å². The molecule has 24 heavy (non-hydrogen) atoms. The Labute approximate surface area is 145 Å². The Hall–Kier alpha value is -1.81. The largest absolute Gasteiger partial charge is 0.497 e. The summed E-state index contributed by atoms with van der Waals surface area (Å²) in [7, 11) is 1.67. The Morgan fingerprint density at radius 1 is 1.21 bits per heavy atom. The third-order valence-electron chi connectivity index (χ3n) is 4.60. The fraction of sp³-hybridized carbons (Fsp3) is 0.550. The number of nitrogens with zero attached hydrogens (tertiary/aromatic N) is 1. The lowest BCUT2D eigenvalue weighted by Crippen LogP contribution is -2.24. The van der Waals surface area contributed by atoms with Gasteiger partial charge in [-0.25, -0.2) is 0 Å². The van der Waals surface area contributed by atoms with Crippen molar-refractivity contribution >= 4 is 12.0 Å². The lowest BCUT2D eigenvalue weighted by Gasteiger charge is -2.13. The van der Waals surface area contributed by atoms with Crippen molar-refractivity contribution in [1.29, 1.82) is 0 Å². The third-order valence-corrected chi connectivity index (χ3v) is 4.60. The van der Waals surface area contributed by atoms with E-state index in [1.807, 2.05) is 32.1 Å². The van der Waals surface area contributed by atoms with Crippen LogP contribution in [-0.2, 0) is 4.79 Å². The van der Waals surface area contributed by atoms with Crippen LogP contribution in [0.5, 0.6) is 5.75 Å². The maximum absolute atomic E-state index is 11.9. The second kappa shape index (κ2) is 9.48. The van der Waals surface area contributed by atoms with Gasteiger partial charge in [0.15, 0.2) is 0 Å². The molecular formula is C20H30N2O2. The molecule has 1 fully saturated rings. The molecule has 1 aromatic rings. The quantitative estimate of drug-likeness (QED) is 0.587. The number of amides is 1. The van der Waals surface area contributed by atoms with E-state index >= 15 is 0 Å². The van der Waals surface area contributed by atoms with Crippen LogP contribution in [-0.4, -0.2) is 44.1 Å². The summed E-state index contributed by atoms with van der Waals surface area (Å²) in [4.78, 5) is 14.5. The number of rotatable bonds is 8. The van der Waals surface area contributed by atoms with Crippen molar-refractivity contribution in [3.63, 3.8) is 0 Å². The summed E-state index contributed by atoms with van der Waals surface area (Å²) in [6.45, 7) is 8.47. The fourth-order valence-electron chi connectivity index (χ4n) is 3.21. The normalized spacial score (nSPS) is 15.1. The first-order valence-corrected chi connectivity index (χ1v) is 8.93. The van der Waals surface area contributed by atoms with Gasteiger partial charge in [-0.2, -0.15) is 0 Å². The van der Waals surface area contributed by atoms with Crippen LogP contribution in [0.15, 0.2) is 18.2 Å². The Bertz CT molecular complexity index is 552. The van der Waals surface area contributed by atoms with Crippen molar-refractivity contribution in [3.05, 3.63) is 34.9 Å². The van der Waals surface area contributed by atoms with E-state index in [1.165, 1.54) is 25.9 Å². The van der Waals surface area contributed by atoms with Gasteiger partial charge in [0.2, 0.25) is 5.91 Å². The summed E-state index contributed by atoms with van der Waals surface area (Å²) >= 11 is 0. The van der Waals surface area contributed by atoms with Crippen LogP contribution >= 0.6 is 0 Å². The molecule has 1 amide bonds. The number of nitrogens with one attached hydrogen (secondary N) is 1. The molecule has 0 unspecified atom stereocenters. The molecule has 1 aromatic carbocycles. The minimum absolute atomic E-state index is 0.0224. The van der Waals surface area contributed by atoms with Gasteiger partial charge in [0, 0.05) is 12.6 Å². The number of likely N-dealkylation sites (tertiary alicyclic amines) is 1. The highest BCUT2D eigenvalue weighted by Crippen LogP contribution is 2.22. The van der Waals surface area contributed by atoms with Crippen LogP contribution < -0.4 is 10.1 Å². The van der Waals surface area contributed by atoms with E-state index in [0.717, 1.165) is 48.4 Å². The Balaban J connectivity index is 1.72. The van der Waals surface area contributed by atoms with Gasteiger partial charge in [0.1, 0.15) is 5.75 Å². The first-order valence-electron chi connectivity index (χ1n) is 8.93. The van der Waals surface area contributed by atoms with E-state index in [-0.39, 0.29) is 5.91 Å². The van der Waals surface area contributed by atoms with Crippen molar-refractivity contribution in [2.24, 2.45) is 0 Å². The monoisotopic (exact) mass is 330 g/mol. The Morgan fingerprint density at radius 3 is 2.50 bits per heavy atom. The van der Waals surface area contributed by atoms with E-state index in [1.54, 1.807) is 13.2 Å². The molecule has 0 saturated carbocycles. The summed E-state index contributed by atoms with van der Waals surface area (Å²) < 4.78 is 5.26. The predicted molar refractivity (Wildman–Crippen MR) is 99.4 cm³/mol. The highest BCUT2D eigenvalue weighted by atomic mass is 16.5. The average Bonchev–Trinajstić information content (AvgIpc) is 3.06. The SMILES string of the molecule is COc1cc(C)c(/C=C/C(=O)NCCCCN2CCCC2)c(C)c1. The summed E-state index contributed by atoms with van der Waals surface area (Å²) in [5.74, 6) is 0.829. The second-order valence-electron chi connectivity index (χ2n) is 6.56. The number of benzene rings is 1. The zero-order valence-electron chi connectivity index (χ0n) is 15.2. The summed E-state index contributed by atoms with van der Waals surface area (Å²) in [6.07, 6.45) is 8.39. The van der Waals surface area contributed by atoms with Crippen LogP contribution in [0, 0.1) is 13.8 Å². The second-order valence-corrected chi connectivity index (χ2v) is 6.56. The van der Waals surface area contributed by atoms with E-state index < -0.39 is 0 Å². The highest BCUT2D eigenvalue weighted by molar-refractivity contribution is 5.92. The number of ether oxygens (including phenoxy) is 1. The number of methoxy groups -OCH3 is 1. The van der Waals surface area contributed by atoms with Gasteiger partial charge in [-0.1, -0.05) is 0 Å². The smallest absolute Gasteiger partial charge is 0.243 e. The van der Waals surface area contributed by atoms with Crippen LogP contribution in [0.25, 0.3) is 6.08 Å². The molecule has 4 nitrogen and oxygen atoms in total. The van der Waals surface area contributed by atoms with Crippen molar-refractivity contribution in [2.45, 2.75) is 39.5 Å². The summed E-state index contributed by atoms with van der Waals surface area (Å²) in [6, 6.07) is 3.98. The first-order chi connectivity index (χ1) is 11.6. The number of carbonyl (C=O) groups excluding carboxylic acids is 1. The first kappa shape index (κ1) is 18.5. The van der Waals surface area contributed by atoms with Gasteiger partial charge in [0.05, 0.1) is 7.11 Å². The Kier molecular flexibility index (Phi) is 7.32. The molecule has 0 radical (unpaired) electrons. The van der Waals surface area contributed by atoms with Gasteiger partial charge in [-0.3, -0.25) is 4.79 Å². The van der Waals surface area contributed by atoms with E-state index in [2.05, 4.69) is 10.2 Å². The van der Waals surface area contributed by atoms with Crippen molar-refractivity contribution in [2.75, 3.05) is 33.3 Å². The molecule has 132 valence electrons. The molecule has 1 N–H and O–H groups in total. The topological polar surface area (TPSA) is 41.6 Å². The molecule has 0 aliphatic carbocycles. The molecule has 0 aromatic heterocycles. The van der Waals surface area contributed by atoms with E-state index in [9.17, 15) is 4.79 Å². The molecule has 4 heteroatoms. The lowest BCUT2D eigenvalue weighted by atomic mass is 10.0. The van der Waals surface area contributed by atoms with Crippen molar-refractivity contribution in [3.8, 4) is 5.75 Å². The van der Waals surface area contributed by atoms with Crippen LogP contribution in [0.2, 0.25) is 0 Å². The van der Waals surface area contributed by atoms with Crippen LogP contribution in [0.3, 0.4) is 0 Å². The Morgan fingerprint density at radius 2 is 1.88 bits per heavy atom. The zero-order chi connectivity index (χ0) is 17.4. The van der Waals surface area contributed by atoms with Gasteiger partial charge in [0.25, 0.3) is 0 Å². The molecule has 1 aliphatic rings. The van der Waals surface area contributed by atoms with Crippen molar-refractivity contribution in [1.82, 2.24) is 10.2 Å². The van der Waals surface area contributed by atoms with Crippen LogP contribution in [0.1, 0.15) is 42.4 Å². The van der Waals surface area contributed by atoms with Gasteiger partial charge in [-0.15, -0.1) is 0 Å². The lowest BCUT2D eigenvalue weighted by molar-refractivity contribution is -0.116. The molecule has 0 bridgehead atoms. The van der Waals surface area contributed by atoms with Gasteiger partial charge < -0.3 is 15.0 Å². The molecule has 0 atom stereocenters. The predicted octanol–water partition coefficient (Wildman–Crippen LogP) is 3.32. The number of hydrogen-bond acceptors (Lipinski definition) is 3. The average molecular weight is 330 g/mol. The summed E-state index contributed by atoms with van der Waals surface area (Å²) in [5.41, 5.74) is 3.31. The maximum Gasteiger partial charge on any atom is 0.243 e. The third kappa shape index (κ3) is 5.68.